The standard InChI is InChI=1S/C18H22N2/c1-14-8-10-17(11-9-14)20-12-3-2-7-18(20)15-5-4-6-16(19)13-15/h4-6,8-11,13,18H,2-3,7,12,19H2,1H3. The van der Waals surface area contributed by atoms with Gasteiger partial charge < -0.3 is 10.6 Å². The van der Waals surface area contributed by atoms with Crippen LogP contribution in [0, 0.1) is 6.92 Å². The highest BCUT2D eigenvalue weighted by atomic mass is 15.2. The molecule has 1 fully saturated rings. The summed E-state index contributed by atoms with van der Waals surface area (Å²) in [4.78, 5) is 2.53. The second kappa shape index (κ2) is 5.58. The van der Waals surface area contributed by atoms with Crippen LogP contribution in [0.15, 0.2) is 48.5 Å². The van der Waals surface area contributed by atoms with Gasteiger partial charge in [-0.3, -0.25) is 0 Å². The Hall–Kier alpha value is -1.96. The molecule has 1 aliphatic rings. The van der Waals surface area contributed by atoms with Crippen LogP contribution in [0.25, 0.3) is 0 Å². The molecule has 104 valence electrons. The lowest BCUT2D eigenvalue weighted by Gasteiger charge is -2.38. The highest BCUT2D eigenvalue weighted by molar-refractivity contribution is 5.52. The second-order valence-corrected chi connectivity index (χ2v) is 5.71. The fraction of sp³-hybridized carbons (Fsp3) is 0.333. The van der Waals surface area contributed by atoms with E-state index in [4.69, 9.17) is 5.73 Å². The Bertz CT molecular complexity index is 574. The molecule has 0 bridgehead atoms. The summed E-state index contributed by atoms with van der Waals surface area (Å²) in [7, 11) is 0. The van der Waals surface area contributed by atoms with Crippen LogP contribution in [0.2, 0.25) is 0 Å². The molecule has 2 aromatic carbocycles. The average Bonchev–Trinajstić information content (AvgIpc) is 2.48. The quantitative estimate of drug-likeness (QED) is 0.821. The van der Waals surface area contributed by atoms with Crippen molar-refractivity contribution in [2.45, 2.75) is 32.2 Å². The van der Waals surface area contributed by atoms with Gasteiger partial charge in [0.1, 0.15) is 0 Å². The molecule has 0 radical (unpaired) electrons. The molecule has 0 aliphatic carbocycles. The Labute approximate surface area is 121 Å². The van der Waals surface area contributed by atoms with Crippen molar-refractivity contribution in [2.75, 3.05) is 17.2 Å². The number of hydrogen-bond donors (Lipinski definition) is 1. The van der Waals surface area contributed by atoms with Crippen molar-refractivity contribution in [1.29, 1.82) is 0 Å². The predicted molar refractivity (Wildman–Crippen MR) is 86.0 cm³/mol. The average molecular weight is 266 g/mol. The van der Waals surface area contributed by atoms with Gasteiger partial charge in [0.05, 0.1) is 6.04 Å². The van der Waals surface area contributed by atoms with Crippen LogP contribution in [0.3, 0.4) is 0 Å². The summed E-state index contributed by atoms with van der Waals surface area (Å²) in [5, 5.41) is 0. The molecule has 2 heteroatoms. The molecule has 1 atom stereocenters. The zero-order valence-corrected chi connectivity index (χ0v) is 12.0. The van der Waals surface area contributed by atoms with Crippen molar-refractivity contribution in [1.82, 2.24) is 0 Å². The number of hydrogen-bond acceptors (Lipinski definition) is 2. The molecule has 1 unspecified atom stereocenters. The fourth-order valence-corrected chi connectivity index (χ4v) is 3.09. The monoisotopic (exact) mass is 266 g/mol. The molecule has 1 saturated heterocycles. The highest BCUT2D eigenvalue weighted by Gasteiger charge is 2.24. The third-order valence-electron chi connectivity index (χ3n) is 4.16. The summed E-state index contributed by atoms with van der Waals surface area (Å²) in [6.45, 7) is 3.26. The lowest BCUT2D eigenvalue weighted by molar-refractivity contribution is 0.473. The van der Waals surface area contributed by atoms with E-state index in [2.05, 4.69) is 54.3 Å². The number of nitrogen functional groups attached to an aromatic ring is 1. The van der Waals surface area contributed by atoms with Crippen molar-refractivity contribution < 1.29 is 0 Å². The molecule has 2 N–H and O–H groups in total. The first kappa shape index (κ1) is 13.0. The molecule has 0 saturated carbocycles. The zero-order valence-electron chi connectivity index (χ0n) is 12.0. The number of rotatable bonds is 2. The molecular formula is C18H22N2. The number of anilines is 2. The first-order valence-corrected chi connectivity index (χ1v) is 7.43. The Balaban J connectivity index is 1.93. The normalized spacial score (nSPS) is 19.1. The van der Waals surface area contributed by atoms with Gasteiger partial charge in [-0.25, -0.2) is 0 Å². The maximum absolute atomic E-state index is 5.95. The molecular weight excluding hydrogens is 244 g/mol. The number of benzene rings is 2. The van der Waals surface area contributed by atoms with Crippen LogP contribution in [0.1, 0.15) is 36.4 Å². The summed E-state index contributed by atoms with van der Waals surface area (Å²) >= 11 is 0. The van der Waals surface area contributed by atoms with Crippen LogP contribution in [-0.4, -0.2) is 6.54 Å². The fourth-order valence-electron chi connectivity index (χ4n) is 3.09. The van der Waals surface area contributed by atoms with E-state index in [1.54, 1.807) is 0 Å². The van der Waals surface area contributed by atoms with E-state index in [0.717, 1.165) is 12.2 Å². The SMILES string of the molecule is Cc1ccc(N2CCCCC2c2cccc(N)c2)cc1. The number of nitrogens with two attached hydrogens (primary N) is 1. The topological polar surface area (TPSA) is 29.3 Å². The van der Waals surface area contributed by atoms with Crippen LogP contribution >= 0.6 is 0 Å². The Morgan fingerprint density at radius 1 is 1.05 bits per heavy atom. The van der Waals surface area contributed by atoms with Crippen molar-refractivity contribution in [3.8, 4) is 0 Å². The van der Waals surface area contributed by atoms with Gasteiger partial charge >= 0.3 is 0 Å². The van der Waals surface area contributed by atoms with Crippen LogP contribution in [0.4, 0.5) is 11.4 Å². The molecule has 0 aromatic heterocycles. The van der Waals surface area contributed by atoms with E-state index in [9.17, 15) is 0 Å². The van der Waals surface area contributed by atoms with E-state index >= 15 is 0 Å². The lowest BCUT2D eigenvalue weighted by Crippen LogP contribution is -2.33. The van der Waals surface area contributed by atoms with Gasteiger partial charge in [0.2, 0.25) is 0 Å². The molecule has 0 amide bonds. The third kappa shape index (κ3) is 2.64. The summed E-state index contributed by atoms with van der Waals surface area (Å²) in [5.74, 6) is 0. The summed E-state index contributed by atoms with van der Waals surface area (Å²) < 4.78 is 0. The van der Waals surface area contributed by atoms with E-state index < -0.39 is 0 Å². The van der Waals surface area contributed by atoms with Gasteiger partial charge in [0.15, 0.2) is 0 Å². The minimum absolute atomic E-state index is 0.454. The van der Waals surface area contributed by atoms with Gasteiger partial charge in [0.25, 0.3) is 0 Å². The van der Waals surface area contributed by atoms with Gasteiger partial charge in [-0.05, 0) is 56.0 Å². The molecule has 3 rings (SSSR count). The van der Waals surface area contributed by atoms with Crippen molar-refractivity contribution in [3.63, 3.8) is 0 Å². The first-order valence-electron chi connectivity index (χ1n) is 7.43. The smallest absolute Gasteiger partial charge is 0.0543 e. The molecule has 2 nitrogen and oxygen atoms in total. The van der Waals surface area contributed by atoms with Crippen molar-refractivity contribution >= 4 is 11.4 Å². The third-order valence-corrected chi connectivity index (χ3v) is 4.16. The number of aryl methyl sites for hydroxylation is 1. The molecule has 1 heterocycles. The van der Waals surface area contributed by atoms with E-state index in [0.29, 0.717) is 6.04 Å². The molecule has 2 aromatic rings. The van der Waals surface area contributed by atoms with Gasteiger partial charge in [-0.1, -0.05) is 29.8 Å². The first-order chi connectivity index (χ1) is 9.74. The molecule has 20 heavy (non-hydrogen) atoms. The summed E-state index contributed by atoms with van der Waals surface area (Å²) in [5.41, 5.74) is 10.8. The second-order valence-electron chi connectivity index (χ2n) is 5.71. The zero-order chi connectivity index (χ0) is 13.9. The Morgan fingerprint density at radius 3 is 2.60 bits per heavy atom. The maximum atomic E-state index is 5.95. The largest absolute Gasteiger partial charge is 0.399 e. The van der Waals surface area contributed by atoms with Gasteiger partial charge in [-0.15, -0.1) is 0 Å². The lowest BCUT2D eigenvalue weighted by atomic mass is 9.94. The highest BCUT2D eigenvalue weighted by Crippen LogP contribution is 2.35. The van der Waals surface area contributed by atoms with Crippen LogP contribution in [0.5, 0.6) is 0 Å². The Morgan fingerprint density at radius 2 is 1.85 bits per heavy atom. The summed E-state index contributed by atoms with van der Waals surface area (Å²) in [6, 6.07) is 17.7. The van der Waals surface area contributed by atoms with Crippen molar-refractivity contribution in [3.05, 3.63) is 59.7 Å². The van der Waals surface area contributed by atoms with Gasteiger partial charge in [0, 0.05) is 17.9 Å². The Kier molecular flexibility index (Phi) is 3.64. The van der Waals surface area contributed by atoms with E-state index in [1.807, 2.05) is 6.07 Å². The van der Waals surface area contributed by atoms with Gasteiger partial charge in [-0.2, -0.15) is 0 Å². The van der Waals surface area contributed by atoms with Crippen LogP contribution < -0.4 is 10.6 Å². The van der Waals surface area contributed by atoms with Crippen molar-refractivity contribution in [2.24, 2.45) is 0 Å². The van der Waals surface area contributed by atoms with Crippen LogP contribution in [-0.2, 0) is 0 Å². The molecule has 1 aliphatic heterocycles. The predicted octanol–water partition coefficient (Wildman–Crippen LogP) is 4.31. The van der Waals surface area contributed by atoms with E-state index in [1.165, 1.54) is 36.1 Å². The minimum Gasteiger partial charge on any atom is -0.399 e. The summed E-state index contributed by atoms with van der Waals surface area (Å²) in [6.07, 6.45) is 3.77. The van der Waals surface area contributed by atoms with E-state index in [-0.39, 0.29) is 0 Å². The maximum Gasteiger partial charge on any atom is 0.0543 e. The minimum atomic E-state index is 0.454. The number of piperidine rings is 1. The number of nitrogens with zero attached hydrogens (tertiary/aromatic N) is 1. The molecule has 0 spiro atoms.